The van der Waals surface area contributed by atoms with Crippen molar-refractivity contribution in [3.05, 3.63) is 122 Å². The quantitative estimate of drug-likeness (QED) is 0.0181. The van der Waals surface area contributed by atoms with Crippen molar-refractivity contribution in [1.29, 1.82) is 0 Å². The molecule has 0 rings (SSSR count). The molecule has 3 atom stereocenters. The van der Waals surface area contributed by atoms with Gasteiger partial charge in [-0.1, -0.05) is 148 Å². The summed E-state index contributed by atoms with van der Waals surface area (Å²) in [5, 5.41) is 9.99. The number of ether oxygens (including phenoxy) is 2. The van der Waals surface area contributed by atoms with Crippen molar-refractivity contribution < 1.29 is 42.7 Å². The van der Waals surface area contributed by atoms with Crippen LogP contribution in [0.3, 0.4) is 0 Å². The van der Waals surface area contributed by atoms with Gasteiger partial charge in [0.25, 0.3) is 0 Å². The zero-order chi connectivity index (χ0) is 42.6. The van der Waals surface area contributed by atoms with Crippen LogP contribution in [-0.2, 0) is 32.7 Å². The van der Waals surface area contributed by atoms with Crippen molar-refractivity contribution >= 4 is 19.8 Å². The minimum atomic E-state index is -4.43. The van der Waals surface area contributed by atoms with Gasteiger partial charge in [0.2, 0.25) is 0 Å². The van der Waals surface area contributed by atoms with Crippen LogP contribution < -0.4 is 5.73 Å². The van der Waals surface area contributed by atoms with Gasteiger partial charge in [-0.2, -0.15) is 0 Å². The fourth-order valence-electron chi connectivity index (χ4n) is 4.79. The van der Waals surface area contributed by atoms with Crippen LogP contribution in [0.4, 0.5) is 0 Å². The van der Waals surface area contributed by atoms with E-state index in [1.165, 1.54) is 19.3 Å². The van der Waals surface area contributed by atoms with Gasteiger partial charge in [-0.3, -0.25) is 18.6 Å². The summed E-state index contributed by atoms with van der Waals surface area (Å²) in [6, 6.07) is 0. The molecule has 0 fully saturated rings. The number of phosphoric acid groups is 1. The molecular weight excluding hydrogens is 753 g/mol. The minimum Gasteiger partial charge on any atom is -0.462 e. The van der Waals surface area contributed by atoms with Gasteiger partial charge in [-0.15, -0.1) is 0 Å². The van der Waals surface area contributed by atoms with Crippen molar-refractivity contribution in [3.63, 3.8) is 0 Å². The van der Waals surface area contributed by atoms with Crippen LogP contribution >= 0.6 is 7.82 Å². The molecule has 0 saturated heterocycles. The second kappa shape index (κ2) is 41.5. The second-order valence-corrected chi connectivity index (χ2v) is 14.8. The number of aliphatic hydroxyl groups is 1. The van der Waals surface area contributed by atoms with Crippen LogP contribution in [0.5, 0.6) is 0 Å². The normalized spacial score (nSPS) is 15.1. The number of unbranched alkanes of at least 4 members (excludes halogenated alkanes) is 4. The average Bonchev–Trinajstić information content (AvgIpc) is 3.21. The van der Waals surface area contributed by atoms with E-state index in [0.29, 0.717) is 32.1 Å². The van der Waals surface area contributed by atoms with Gasteiger partial charge in [0.05, 0.1) is 19.3 Å². The lowest BCUT2D eigenvalue weighted by atomic mass is 10.2. The minimum absolute atomic E-state index is 0.0202. The first-order valence-corrected chi connectivity index (χ1v) is 22.6. The Hall–Kier alpha value is -3.63. The molecular formula is C47H74NO9P. The van der Waals surface area contributed by atoms with Crippen molar-refractivity contribution in [1.82, 2.24) is 0 Å². The third kappa shape index (κ3) is 40.6. The van der Waals surface area contributed by atoms with Gasteiger partial charge in [0.15, 0.2) is 6.10 Å². The smallest absolute Gasteiger partial charge is 0.462 e. The number of allylic oxidation sites excluding steroid dienone is 18. The fraction of sp³-hybridized carbons (Fsp3) is 0.532. The second-order valence-electron chi connectivity index (χ2n) is 13.3. The van der Waals surface area contributed by atoms with Crippen LogP contribution in [0.15, 0.2) is 122 Å². The Morgan fingerprint density at radius 3 is 1.78 bits per heavy atom. The van der Waals surface area contributed by atoms with Crippen LogP contribution in [0.1, 0.15) is 123 Å². The van der Waals surface area contributed by atoms with Crippen LogP contribution in [0.25, 0.3) is 0 Å². The maximum Gasteiger partial charge on any atom is 0.472 e. The molecule has 0 saturated carbocycles. The Labute approximate surface area is 350 Å². The number of esters is 2. The number of carbonyl (C=O) groups excluding carboxylic acids is 2. The van der Waals surface area contributed by atoms with E-state index < -0.39 is 38.6 Å². The molecule has 0 aromatic rings. The Morgan fingerprint density at radius 2 is 1.17 bits per heavy atom. The molecule has 326 valence electrons. The lowest BCUT2D eigenvalue weighted by Crippen LogP contribution is -2.29. The number of rotatable bonds is 37. The van der Waals surface area contributed by atoms with E-state index in [1.54, 1.807) is 6.08 Å². The van der Waals surface area contributed by atoms with E-state index >= 15 is 0 Å². The lowest BCUT2D eigenvalue weighted by molar-refractivity contribution is -0.161. The lowest BCUT2D eigenvalue weighted by Gasteiger charge is -2.19. The molecule has 4 N–H and O–H groups in total. The number of hydrogen-bond acceptors (Lipinski definition) is 9. The molecule has 0 aliphatic heterocycles. The molecule has 0 spiro atoms. The van der Waals surface area contributed by atoms with E-state index in [1.807, 2.05) is 54.7 Å². The van der Waals surface area contributed by atoms with Gasteiger partial charge >= 0.3 is 19.8 Å². The Kier molecular flexibility index (Phi) is 38.9. The van der Waals surface area contributed by atoms with E-state index in [9.17, 15) is 24.2 Å². The average molecular weight is 828 g/mol. The molecule has 0 aromatic carbocycles. The summed E-state index contributed by atoms with van der Waals surface area (Å²) in [6.45, 7) is 3.32. The largest absolute Gasteiger partial charge is 0.472 e. The molecule has 0 amide bonds. The van der Waals surface area contributed by atoms with Crippen molar-refractivity contribution in [2.75, 3.05) is 26.4 Å². The highest BCUT2D eigenvalue weighted by molar-refractivity contribution is 7.47. The monoisotopic (exact) mass is 828 g/mol. The third-order valence-corrected chi connectivity index (χ3v) is 8.91. The standard InChI is InChI=1S/C47H74NO9P/c1-3-5-7-9-11-12-13-14-15-16-17-18-19-24-27-31-35-39-47(51)57-45(43-56-58(52,53)55-41-40-48)42-54-46(50)38-34-30-26-23-21-20-22-25-29-33-37-44(49)36-32-28-10-8-6-4-2/h6,8,11-12,14-15,17-18,20-21,24-30,32-33,37,44-45,49H,3-5,7,9-10,13,16,19,22-23,31,34-36,38-43,48H2,1-2H3,(H,52,53)/b8-6-,12-11-,15-14-,18-17-,21-20-,27-24-,29-25-,30-26-,32-28-,37-33+/t44?,45-/m1/s1. The zero-order valence-corrected chi connectivity index (χ0v) is 36.2. The van der Waals surface area contributed by atoms with E-state index in [-0.39, 0.29) is 32.6 Å². The fourth-order valence-corrected chi connectivity index (χ4v) is 5.56. The summed E-state index contributed by atoms with van der Waals surface area (Å²) in [6.07, 6.45) is 52.8. The molecule has 2 unspecified atom stereocenters. The predicted octanol–water partition coefficient (Wildman–Crippen LogP) is 11.1. The van der Waals surface area contributed by atoms with E-state index in [2.05, 4.69) is 74.6 Å². The predicted molar refractivity (Wildman–Crippen MR) is 239 cm³/mol. The Morgan fingerprint density at radius 1 is 0.621 bits per heavy atom. The molecule has 11 heteroatoms. The third-order valence-electron chi connectivity index (χ3n) is 7.93. The van der Waals surface area contributed by atoms with Gasteiger partial charge in [-0.05, 0) is 83.5 Å². The van der Waals surface area contributed by atoms with E-state index in [0.717, 1.165) is 44.9 Å². The first-order chi connectivity index (χ1) is 28.2. The Balaban J connectivity index is 4.48. The number of carbonyl (C=O) groups is 2. The molecule has 0 aliphatic rings. The number of phosphoric ester groups is 1. The topological polar surface area (TPSA) is 155 Å². The number of hydrogen-bond donors (Lipinski definition) is 3. The molecule has 0 radical (unpaired) electrons. The molecule has 0 aromatic heterocycles. The van der Waals surface area contributed by atoms with Gasteiger partial charge in [0.1, 0.15) is 6.61 Å². The van der Waals surface area contributed by atoms with Gasteiger partial charge in [-0.25, -0.2) is 4.57 Å². The summed E-state index contributed by atoms with van der Waals surface area (Å²) in [5.41, 5.74) is 5.33. The first kappa shape index (κ1) is 54.4. The summed E-state index contributed by atoms with van der Waals surface area (Å²) >= 11 is 0. The summed E-state index contributed by atoms with van der Waals surface area (Å²) < 4.78 is 32.6. The first-order valence-electron chi connectivity index (χ1n) is 21.1. The maximum absolute atomic E-state index is 12.6. The Bertz CT molecular complexity index is 1370. The maximum atomic E-state index is 12.6. The van der Waals surface area contributed by atoms with Crippen molar-refractivity contribution in [2.45, 2.75) is 135 Å². The molecule has 0 bridgehead atoms. The molecule has 0 heterocycles. The van der Waals surface area contributed by atoms with Crippen LogP contribution in [-0.4, -0.2) is 60.5 Å². The number of aliphatic hydroxyl groups excluding tert-OH is 1. The molecule has 10 nitrogen and oxygen atoms in total. The van der Waals surface area contributed by atoms with Crippen LogP contribution in [0.2, 0.25) is 0 Å². The summed E-state index contributed by atoms with van der Waals surface area (Å²) in [7, 11) is -4.43. The SMILES string of the molecule is CC/C=C\C/C=C\CC(O)/C=C/C=C\C/C=C\C/C=C\CCC(=O)OC[C@H](COP(=O)(O)OCCN)OC(=O)CCC/C=C\C/C=C\C/C=C\C/C=C\CCCCC. The highest BCUT2D eigenvalue weighted by Crippen LogP contribution is 2.43. The van der Waals surface area contributed by atoms with Gasteiger partial charge in [0, 0.05) is 19.4 Å². The zero-order valence-electron chi connectivity index (χ0n) is 35.3. The number of nitrogens with two attached hydrogens (primary N) is 1. The highest BCUT2D eigenvalue weighted by atomic mass is 31.2. The molecule has 58 heavy (non-hydrogen) atoms. The molecule has 0 aliphatic carbocycles. The van der Waals surface area contributed by atoms with Crippen molar-refractivity contribution in [3.8, 4) is 0 Å². The van der Waals surface area contributed by atoms with E-state index in [4.69, 9.17) is 24.3 Å². The summed E-state index contributed by atoms with van der Waals surface area (Å²) in [5.74, 6) is -1.04. The summed E-state index contributed by atoms with van der Waals surface area (Å²) in [4.78, 5) is 34.8. The van der Waals surface area contributed by atoms with Crippen molar-refractivity contribution in [2.24, 2.45) is 5.73 Å². The van der Waals surface area contributed by atoms with Gasteiger partial charge < -0.3 is 25.2 Å². The van der Waals surface area contributed by atoms with Crippen LogP contribution in [0, 0.1) is 0 Å². The highest BCUT2D eigenvalue weighted by Gasteiger charge is 2.25.